The van der Waals surface area contributed by atoms with Crippen molar-refractivity contribution in [3.63, 3.8) is 0 Å². The third kappa shape index (κ3) is 44.3. The van der Waals surface area contributed by atoms with Crippen molar-refractivity contribution in [2.24, 2.45) is 11.8 Å². The van der Waals surface area contributed by atoms with Gasteiger partial charge in [-0.3, -0.25) is 15.0 Å². The first-order valence-electron chi connectivity index (χ1n) is 30.5. The van der Waals surface area contributed by atoms with Crippen molar-refractivity contribution in [3.8, 4) is 0 Å². The summed E-state index contributed by atoms with van der Waals surface area (Å²) in [5.41, 5.74) is 0. The summed E-state index contributed by atoms with van der Waals surface area (Å²) in [5.74, 6) is 1.85. The number of unbranched alkanes of at least 4 members (excludes halogenated alkanes) is 27. The fourth-order valence-corrected chi connectivity index (χ4v) is 10.1. The van der Waals surface area contributed by atoms with Crippen LogP contribution in [0.1, 0.15) is 317 Å². The van der Waals surface area contributed by atoms with E-state index in [9.17, 15) is 9.59 Å². The van der Waals surface area contributed by atoms with Crippen LogP contribution in [0.2, 0.25) is 0 Å². The van der Waals surface area contributed by atoms with E-state index in [-0.39, 0.29) is 12.0 Å². The summed E-state index contributed by atoms with van der Waals surface area (Å²) >= 11 is 0. The lowest BCUT2D eigenvalue weighted by molar-refractivity contribution is -0.145. The Labute approximate surface area is 425 Å². The molecule has 0 aromatic rings. The Balaban J connectivity index is 5.42. The van der Waals surface area contributed by atoms with E-state index in [1.165, 1.54) is 199 Å². The van der Waals surface area contributed by atoms with Gasteiger partial charge < -0.3 is 19.3 Å². The number of amides is 1. The van der Waals surface area contributed by atoms with Gasteiger partial charge in [0, 0.05) is 31.8 Å². The van der Waals surface area contributed by atoms with Crippen molar-refractivity contribution < 1.29 is 19.1 Å². The standard InChI is InChI=1S/C61H121N3O4/c1-8-13-18-23-26-27-30-41-53-64(60(65)50-42-52-63(6)7)58(47-37-31-39-49-59(62)67-54-56(43-33-21-16-11-4)45-35-28-24-19-14-9-2)48-38-32-40-51-61(66)68-55-57(44-34-22-17-12-5)46-36-29-25-20-15-10-3/h56-58,62H,8-55H2,1-7H3. The highest BCUT2D eigenvalue weighted by molar-refractivity contribution is 5.76. The van der Waals surface area contributed by atoms with E-state index in [1.54, 1.807) is 0 Å². The summed E-state index contributed by atoms with van der Waals surface area (Å²) in [6.07, 6.45) is 51.8. The maximum atomic E-state index is 14.1. The molecule has 0 saturated heterocycles. The third-order valence-corrected chi connectivity index (χ3v) is 14.7. The highest BCUT2D eigenvalue weighted by atomic mass is 16.5. The molecule has 0 rings (SSSR count). The lowest BCUT2D eigenvalue weighted by Gasteiger charge is -2.33. The Morgan fingerprint density at radius 3 is 1.18 bits per heavy atom. The predicted octanol–water partition coefficient (Wildman–Crippen LogP) is 18.8. The maximum absolute atomic E-state index is 14.1. The van der Waals surface area contributed by atoms with E-state index in [0.29, 0.717) is 56.1 Å². The van der Waals surface area contributed by atoms with Crippen molar-refractivity contribution in [1.29, 1.82) is 5.41 Å². The van der Waals surface area contributed by atoms with Crippen molar-refractivity contribution in [2.45, 2.75) is 323 Å². The van der Waals surface area contributed by atoms with Gasteiger partial charge in [0.1, 0.15) is 0 Å². The van der Waals surface area contributed by atoms with Gasteiger partial charge in [0.2, 0.25) is 5.91 Å². The van der Waals surface area contributed by atoms with Gasteiger partial charge in [-0.05, 0) is 96.7 Å². The van der Waals surface area contributed by atoms with Gasteiger partial charge in [0.15, 0.2) is 5.90 Å². The first-order chi connectivity index (χ1) is 33.2. The van der Waals surface area contributed by atoms with Crippen LogP contribution in [0.4, 0.5) is 0 Å². The van der Waals surface area contributed by atoms with Crippen LogP contribution in [-0.4, -0.2) is 74.0 Å². The molecule has 1 N–H and O–H groups in total. The normalized spacial score (nSPS) is 12.9. The number of ether oxygens (including phenoxy) is 2. The summed E-state index contributed by atoms with van der Waals surface area (Å²) < 4.78 is 12.1. The zero-order valence-electron chi connectivity index (χ0n) is 47.2. The average molecular weight is 961 g/mol. The van der Waals surface area contributed by atoms with E-state index < -0.39 is 0 Å². The highest BCUT2D eigenvalue weighted by Crippen LogP contribution is 2.24. The summed E-state index contributed by atoms with van der Waals surface area (Å²) in [5, 5.41) is 8.70. The molecule has 404 valence electrons. The van der Waals surface area contributed by atoms with Crippen molar-refractivity contribution >= 4 is 17.8 Å². The van der Waals surface area contributed by atoms with Crippen LogP contribution < -0.4 is 0 Å². The van der Waals surface area contributed by atoms with Gasteiger partial charge in [0.05, 0.1) is 13.2 Å². The molecule has 3 atom stereocenters. The Hall–Kier alpha value is -1.63. The Morgan fingerprint density at radius 2 is 0.735 bits per heavy atom. The van der Waals surface area contributed by atoms with Crippen molar-refractivity contribution in [1.82, 2.24) is 9.80 Å². The molecule has 0 aliphatic heterocycles. The van der Waals surface area contributed by atoms with Crippen molar-refractivity contribution in [3.05, 3.63) is 0 Å². The summed E-state index contributed by atoms with van der Waals surface area (Å²) in [6, 6.07) is 0.236. The number of hydrogen-bond acceptors (Lipinski definition) is 6. The fraction of sp³-hybridized carbons (Fsp3) is 0.951. The van der Waals surface area contributed by atoms with Crippen molar-refractivity contribution in [2.75, 3.05) is 40.4 Å². The molecule has 0 aliphatic carbocycles. The number of rotatable bonds is 54. The molecule has 0 aromatic heterocycles. The van der Waals surface area contributed by atoms with Crippen LogP contribution in [0, 0.1) is 17.2 Å². The number of carbonyl (C=O) groups is 2. The lowest BCUT2D eigenvalue weighted by Crippen LogP contribution is -2.41. The molecule has 0 bridgehead atoms. The number of hydrogen-bond donors (Lipinski definition) is 1. The Kier molecular flexibility index (Phi) is 50.5. The first kappa shape index (κ1) is 66.4. The number of nitrogens with zero attached hydrogens (tertiary/aromatic N) is 2. The quantitative estimate of drug-likeness (QED) is 0.0284. The zero-order chi connectivity index (χ0) is 50.0. The summed E-state index contributed by atoms with van der Waals surface area (Å²) in [6.45, 7) is 14.5. The van der Waals surface area contributed by atoms with E-state index in [4.69, 9.17) is 14.9 Å². The molecule has 3 unspecified atom stereocenters. The molecule has 1 amide bonds. The monoisotopic (exact) mass is 960 g/mol. The van der Waals surface area contributed by atoms with Gasteiger partial charge in [-0.1, -0.05) is 234 Å². The van der Waals surface area contributed by atoms with Crippen LogP contribution in [0.3, 0.4) is 0 Å². The lowest BCUT2D eigenvalue weighted by atomic mass is 9.95. The highest BCUT2D eigenvalue weighted by Gasteiger charge is 2.23. The number of nitrogens with one attached hydrogen (secondary N) is 1. The minimum absolute atomic E-state index is 0.0229. The topological polar surface area (TPSA) is 82.9 Å². The molecule has 0 aromatic carbocycles. The Morgan fingerprint density at radius 1 is 0.382 bits per heavy atom. The summed E-state index contributed by atoms with van der Waals surface area (Å²) in [4.78, 5) is 31.6. The van der Waals surface area contributed by atoms with E-state index in [2.05, 4.69) is 58.5 Å². The number of esters is 1. The molecular formula is C61H121N3O4. The largest absolute Gasteiger partial charge is 0.481 e. The number of carbonyl (C=O) groups excluding carboxylic acids is 2. The van der Waals surface area contributed by atoms with Gasteiger partial charge in [-0.15, -0.1) is 0 Å². The van der Waals surface area contributed by atoms with E-state index in [1.807, 2.05) is 0 Å². The van der Waals surface area contributed by atoms with E-state index in [0.717, 1.165) is 77.3 Å². The second-order valence-corrected chi connectivity index (χ2v) is 21.8. The Bertz CT molecular complexity index is 1030. The first-order valence-corrected chi connectivity index (χ1v) is 30.5. The van der Waals surface area contributed by atoms with E-state index >= 15 is 0 Å². The minimum atomic E-state index is -0.0229. The maximum Gasteiger partial charge on any atom is 0.305 e. The molecule has 7 heteroatoms. The van der Waals surface area contributed by atoms with Crippen LogP contribution in [-0.2, 0) is 19.1 Å². The predicted molar refractivity (Wildman–Crippen MR) is 297 cm³/mol. The molecule has 0 heterocycles. The third-order valence-electron chi connectivity index (χ3n) is 14.7. The molecule has 0 aliphatic rings. The van der Waals surface area contributed by atoms with Gasteiger partial charge in [-0.25, -0.2) is 0 Å². The van der Waals surface area contributed by atoms with Crippen LogP contribution in [0.5, 0.6) is 0 Å². The molecular weight excluding hydrogens is 839 g/mol. The molecule has 0 saturated carbocycles. The minimum Gasteiger partial charge on any atom is -0.481 e. The second-order valence-electron chi connectivity index (χ2n) is 21.8. The summed E-state index contributed by atoms with van der Waals surface area (Å²) in [7, 11) is 4.19. The van der Waals surface area contributed by atoms with Gasteiger partial charge >= 0.3 is 5.97 Å². The molecule has 7 nitrogen and oxygen atoms in total. The smallest absolute Gasteiger partial charge is 0.305 e. The molecule has 68 heavy (non-hydrogen) atoms. The fourth-order valence-electron chi connectivity index (χ4n) is 10.1. The van der Waals surface area contributed by atoms with Crippen LogP contribution in [0.25, 0.3) is 0 Å². The van der Waals surface area contributed by atoms with Gasteiger partial charge in [0.25, 0.3) is 0 Å². The average Bonchev–Trinajstić information content (AvgIpc) is 3.32. The zero-order valence-corrected chi connectivity index (χ0v) is 47.2. The molecule has 0 fully saturated rings. The van der Waals surface area contributed by atoms with Gasteiger partial charge in [-0.2, -0.15) is 0 Å². The molecule has 0 spiro atoms. The van der Waals surface area contributed by atoms with Crippen LogP contribution >= 0.6 is 0 Å². The SMILES string of the molecule is CCCCCCCCCCN(C(=O)CCCN(C)C)C(CCCCCC(=N)OCC(CCCCCC)CCCCCCCC)CCCCCC(=O)OCC(CCCCCC)CCCCCCCC. The van der Waals surface area contributed by atoms with Crippen LogP contribution in [0.15, 0.2) is 0 Å². The second kappa shape index (κ2) is 51.7. The molecule has 0 radical (unpaired) electrons.